The van der Waals surface area contributed by atoms with Crippen LogP contribution in [0.15, 0.2) is 41.6 Å². The molecule has 208 valence electrons. The smallest absolute Gasteiger partial charge is 0.447 e. The van der Waals surface area contributed by atoms with Crippen LogP contribution in [0.2, 0.25) is 0 Å². The van der Waals surface area contributed by atoms with Gasteiger partial charge in [-0.15, -0.1) is 0 Å². The Balaban J connectivity index is 1.61. The lowest BCUT2D eigenvalue weighted by Crippen LogP contribution is -2.46. The van der Waals surface area contributed by atoms with Gasteiger partial charge in [0.1, 0.15) is 22.6 Å². The molecular weight excluding hydrogens is 536 g/mol. The molecule has 1 aliphatic rings. The number of hydrogen-bond donors (Lipinski definition) is 3. The number of thioether (sulfide) groups is 1. The van der Waals surface area contributed by atoms with Crippen molar-refractivity contribution >= 4 is 34.7 Å². The summed E-state index contributed by atoms with van der Waals surface area (Å²) in [4.78, 5) is 18.2. The molecule has 0 aliphatic carbocycles. The van der Waals surface area contributed by atoms with Crippen LogP contribution in [0, 0.1) is 11.8 Å². The lowest BCUT2D eigenvalue weighted by Gasteiger charge is -2.33. The van der Waals surface area contributed by atoms with E-state index >= 15 is 0 Å². The van der Waals surface area contributed by atoms with E-state index in [2.05, 4.69) is 32.8 Å². The number of imidazole rings is 1. The molecule has 0 unspecified atom stereocenters. The van der Waals surface area contributed by atoms with Crippen LogP contribution >= 0.6 is 11.8 Å². The van der Waals surface area contributed by atoms with Crippen molar-refractivity contribution in [3.8, 4) is 17.6 Å². The molecule has 3 heterocycles. The number of carbonyl (C=O) groups excluding carboxylic acids is 1. The Kier molecular flexibility index (Phi) is 7.54. The van der Waals surface area contributed by atoms with Gasteiger partial charge in [0, 0.05) is 43.7 Å². The number of benzene rings is 1. The number of likely N-dealkylation sites (tertiary alicyclic amines) is 1. The molecule has 2 aromatic heterocycles. The maximum Gasteiger partial charge on any atom is 0.447 e. The van der Waals surface area contributed by atoms with Crippen molar-refractivity contribution < 1.29 is 31.2 Å². The lowest BCUT2D eigenvalue weighted by molar-refractivity contribution is -0.0330. The lowest BCUT2D eigenvalue weighted by atomic mass is 10.0. The molecule has 1 aliphatic heterocycles. The molecule has 0 saturated carbocycles. The van der Waals surface area contributed by atoms with Gasteiger partial charge in [0.15, 0.2) is 5.65 Å². The summed E-state index contributed by atoms with van der Waals surface area (Å²) in [6.07, 6.45) is 0.774. The van der Waals surface area contributed by atoms with Crippen LogP contribution in [0.5, 0.6) is 5.75 Å². The summed E-state index contributed by atoms with van der Waals surface area (Å²) in [5.74, 6) is 4.78. The summed E-state index contributed by atoms with van der Waals surface area (Å²) < 4.78 is 83.6. The normalized spacial score (nSPS) is 19.3. The van der Waals surface area contributed by atoms with Gasteiger partial charge in [0.2, 0.25) is 0 Å². The van der Waals surface area contributed by atoms with Gasteiger partial charge in [-0.1, -0.05) is 5.92 Å². The average molecular weight is 568 g/mol. The minimum absolute atomic E-state index is 0.120. The number of halogens is 4. The highest BCUT2D eigenvalue weighted by Gasteiger charge is 2.33. The first-order valence-corrected chi connectivity index (χ1v) is 12.7. The highest BCUT2D eigenvalue weighted by molar-refractivity contribution is 8.00. The van der Waals surface area contributed by atoms with Crippen LogP contribution in [0.25, 0.3) is 5.65 Å². The molecule has 3 aromatic rings. The number of fused-ring (bicyclic) bond motifs is 1. The van der Waals surface area contributed by atoms with Crippen LogP contribution in [0.3, 0.4) is 0 Å². The number of anilines is 2. The second-order valence-electron chi connectivity index (χ2n) is 8.79. The Morgan fingerprint density at radius 2 is 2.15 bits per heavy atom. The number of nitrogens with zero attached hydrogens (tertiary/aromatic N) is 3. The summed E-state index contributed by atoms with van der Waals surface area (Å²) in [6, 6.07) is 6.78. The number of nitrogens with one attached hydrogen (secondary N) is 3. The Hall–Kier alpha value is -3.63. The summed E-state index contributed by atoms with van der Waals surface area (Å²) in [6.45, 7) is 0.787. The van der Waals surface area contributed by atoms with Gasteiger partial charge in [0.05, 0.1) is 35.1 Å². The van der Waals surface area contributed by atoms with E-state index < -0.39 is 30.7 Å². The molecule has 1 aromatic carbocycles. The SMILES string of the molecule is [2H]C([2H])([2H])Oc1cc(C(=O)NC)ccc1NCC#Cc1nc2c(N[C@@H]3CCN(C)C[C@@H]3F)cccn2c1SC(F)(F)F. The van der Waals surface area contributed by atoms with Gasteiger partial charge in [-0.25, -0.2) is 9.37 Å². The fourth-order valence-corrected chi connectivity index (χ4v) is 4.83. The fourth-order valence-electron chi connectivity index (χ4n) is 4.17. The first-order valence-electron chi connectivity index (χ1n) is 13.4. The van der Waals surface area contributed by atoms with Gasteiger partial charge in [0.25, 0.3) is 5.91 Å². The molecule has 8 nitrogen and oxygen atoms in total. The Labute approximate surface area is 231 Å². The number of piperidine rings is 1. The van der Waals surface area contributed by atoms with Crippen molar-refractivity contribution in [3.05, 3.63) is 47.8 Å². The van der Waals surface area contributed by atoms with Crippen molar-refractivity contribution in [2.75, 3.05) is 51.4 Å². The number of amides is 1. The van der Waals surface area contributed by atoms with Crippen LogP contribution in [-0.4, -0.2) is 78.7 Å². The predicted octanol–water partition coefficient (Wildman–Crippen LogP) is 4.23. The number of hydrogen-bond acceptors (Lipinski definition) is 7. The Morgan fingerprint density at radius 3 is 2.87 bits per heavy atom. The molecule has 13 heteroatoms. The van der Waals surface area contributed by atoms with E-state index in [0.717, 1.165) is 0 Å². The molecular formula is C26H28F4N6O2S. The number of pyridine rings is 1. The van der Waals surface area contributed by atoms with Crippen LogP contribution in [-0.2, 0) is 0 Å². The van der Waals surface area contributed by atoms with Crippen LogP contribution in [0.4, 0.5) is 28.9 Å². The number of alkyl halides is 4. The molecule has 1 saturated heterocycles. The monoisotopic (exact) mass is 567 g/mol. The van der Waals surface area contributed by atoms with E-state index in [1.807, 2.05) is 11.9 Å². The van der Waals surface area contributed by atoms with E-state index in [4.69, 9.17) is 8.85 Å². The second-order valence-corrected chi connectivity index (χ2v) is 9.85. The Bertz CT molecular complexity index is 1510. The maximum absolute atomic E-state index is 14.7. The standard InChI is InChI=1S/C26H28F4N6O2S/c1-31-24(37)16-8-9-19(22(14-16)38-3)32-11-4-6-21-25(39-26(28,29)30)36-12-5-7-20(23(36)34-21)33-18-10-13-35(2)15-17(18)27/h5,7-9,12,14,17-18,32-33H,10-11,13,15H2,1-3H3,(H,31,37)/t17-,18+/m0/s1/i3D3. The quantitative estimate of drug-likeness (QED) is 0.224. The van der Waals surface area contributed by atoms with Crippen molar-refractivity contribution in [2.45, 2.75) is 29.2 Å². The number of rotatable bonds is 7. The summed E-state index contributed by atoms with van der Waals surface area (Å²) in [7, 11) is 0.440. The van der Waals surface area contributed by atoms with Crippen molar-refractivity contribution in [1.29, 1.82) is 0 Å². The van der Waals surface area contributed by atoms with Gasteiger partial charge in [-0.2, -0.15) is 13.2 Å². The first kappa shape index (κ1) is 24.4. The molecule has 0 radical (unpaired) electrons. The number of ether oxygens (including phenoxy) is 1. The van der Waals surface area contributed by atoms with E-state index in [1.165, 1.54) is 35.8 Å². The summed E-state index contributed by atoms with van der Waals surface area (Å²) in [5.41, 5.74) is -3.84. The molecule has 1 amide bonds. The highest BCUT2D eigenvalue weighted by Crippen LogP contribution is 2.39. The first-order chi connectivity index (χ1) is 19.7. The van der Waals surface area contributed by atoms with Gasteiger partial charge in [-0.05, 0) is 49.7 Å². The molecule has 0 bridgehead atoms. The number of aromatic nitrogens is 2. The molecule has 39 heavy (non-hydrogen) atoms. The van der Waals surface area contributed by atoms with Crippen molar-refractivity contribution in [2.24, 2.45) is 0 Å². The summed E-state index contributed by atoms with van der Waals surface area (Å²) >= 11 is -0.363. The van der Waals surface area contributed by atoms with E-state index in [9.17, 15) is 22.4 Å². The van der Waals surface area contributed by atoms with E-state index in [1.54, 1.807) is 12.1 Å². The third-order valence-corrected chi connectivity index (χ3v) is 6.87. The third-order valence-electron chi connectivity index (χ3n) is 6.06. The van der Waals surface area contributed by atoms with Crippen molar-refractivity contribution in [3.63, 3.8) is 0 Å². The topological polar surface area (TPSA) is 82.9 Å². The molecule has 1 fully saturated rings. The largest absolute Gasteiger partial charge is 0.495 e. The van der Waals surface area contributed by atoms with Gasteiger partial charge >= 0.3 is 5.51 Å². The van der Waals surface area contributed by atoms with Gasteiger partial charge < -0.3 is 25.6 Å². The van der Waals surface area contributed by atoms with Crippen molar-refractivity contribution in [1.82, 2.24) is 19.6 Å². The number of carbonyl (C=O) groups is 1. The Morgan fingerprint density at radius 1 is 1.33 bits per heavy atom. The van der Waals surface area contributed by atoms with E-state index in [-0.39, 0.29) is 58.2 Å². The zero-order chi connectivity index (χ0) is 30.7. The molecule has 2 atom stereocenters. The van der Waals surface area contributed by atoms with E-state index in [0.29, 0.717) is 18.7 Å². The van der Waals surface area contributed by atoms with Gasteiger partial charge in [-0.3, -0.25) is 9.20 Å². The average Bonchev–Trinajstić information content (AvgIpc) is 3.24. The molecule has 0 spiro atoms. The fraction of sp³-hybridized carbons (Fsp3) is 0.385. The summed E-state index contributed by atoms with van der Waals surface area (Å²) in [5, 5.41) is 8.14. The maximum atomic E-state index is 14.7. The minimum Gasteiger partial charge on any atom is -0.495 e. The zero-order valence-electron chi connectivity index (χ0n) is 24.0. The zero-order valence-corrected chi connectivity index (χ0v) is 21.8. The van der Waals surface area contributed by atoms with Crippen LogP contribution in [0.1, 0.15) is 26.6 Å². The predicted molar refractivity (Wildman–Crippen MR) is 143 cm³/mol. The third kappa shape index (κ3) is 6.88. The molecule has 3 N–H and O–H groups in total. The minimum atomic E-state index is -4.62. The number of methoxy groups -OCH3 is 1. The second kappa shape index (κ2) is 12.0. The van der Waals surface area contributed by atoms with Crippen LogP contribution < -0.4 is 20.7 Å². The highest BCUT2D eigenvalue weighted by atomic mass is 32.2. The molecule has 4 rings (SSSR count).